The van der Waals surface area contributed by atoms with Crippen molar-refractivity contribution in [1.29, 1.82) is 0 Å². The van der Waals surface area contributed by atoms with Gasteiger partial charge < -0.3 is 23.9 Å². The van der Waals surface area contributed by atoms with Gasteiger partial charge in [0.25, 0.3) is 0 Å². The van der Waals surface area contributed by atoms with E-state index in [1.165, 1.54) is 32.7 Å². The van der Waals surface area contributed by atoms with E-state index in [4.69, 9.17) is 18.6 Å². The number of carbonyl (C=O) groups excluding carboxylic acids is 2. The number of nitrogens with one attached hydrogen (secondary N) is 1. The number of hydrogen-bond donors (Lipinski definition) is 1. The highest BCUT2D eigenvalue weighted by atomic mass is 32.2. The highest BCUT2D eigenvalue weighted by Crippen LogP contribution is 2.38. The normalized spacial score (nSPS) is 13.1. The van der Waals surface area contributed by atoms with Gasteiger partial charge in [-0.15, -0.1) is 16.4 Å². The first kappa shape index (κ1) is 24.7. The maximum Gasteiger partial charge on any atom is 0.341 e. The minimum absolute atomic E-state index is 0.0659. The zero-order valence-corrected chi connectivity index (χ0v) is 20.9. The molecular weight excluding hydrogens is 498 g/mol. The Morgan fingerprint density at radius 1 is 1.09 bits per heavy atom. The van der Waals surface area contributed by atoms with Gasteiger partial charge in [0.15, 0.2) is 11.5 Å². The van der Waals surface area contributed by atoms with Crippen molar-refractivity contribution in [1.82, 2.24) is 10.2 Å². The molecule has 11 nitrogen and oxygen atoms in total. The van der Waals surface area contributed by atoms with Crippen molar-refractivity contribution >= 4 is 38.1 Å². The van der Waals surface area contributed by atoms with Crippen LogP contribution >= 0.6 is 11.3 Å². The van der Waals surface area contributed by atoms with E-state index in [0.717, 1.165) is 29.7 Å². The molecule has 0 spiro atoms. The number of sulfone groups is 1. The van der Waals surface area contributed by atoms with E-state index in [1.807, 2.05) is 0 Å². The molecule has 0 aliphatic heterocycles. The molecular formula is C22H23N3O8S2. The van der Waals surface area contributed by atoms with Crippen LogP contribution in [0.2, 0.25) is 0 Å². The molecule has 0 radical (unpaired) electrons. The SMILES string of the molecule is COC(=O)c1c(NC(=O)CS(=O)(=O)c2nnc(-c3ccc(OC)c(OC)c3)o2)sc2c1CCCC2. The molecule has 0 saturated heterocycles. The number of esters is 1. The van der Waals surface area contributed by atoms with Crippen molar-refractivity contribution < 1.29 is 36.6 Å². The Balaban J connectivity index is 1.53. The van der Waals surface area contributed by atoms with Crippen molar-refractivity contribution in [3.8, 4) is 23.0 Å². The largest absolute Gasteiger partial charge is 0.493 e. The van der Waals surface area contributed by atoms with Crippen LogP contribution < -0.4 is 14.8 Å². The third-order valence-electron chi connectivity index (χ3n) is 5.44. The Morgan fingerprint density at radius 3 is 2.54 bits per heavy atom. The van der Waals surface area contributed by atoms with Gasteiger partial charge in [-0.2, -0.15) is 0 Å². The molecule has 0 saturated carbocycles. The number of benzene rings is 1. The standard InChI is InChI=1S/C22H23N3O8S2/c1-30-14-9-8-12(10-15(14)31-2)19-24-25-22(33-19)35(28,29)11-17(26)23-20-18(21(27)32-3)13-6-4-5-7-16(13)34-20/h8-10H,4-7,11H2,1-3H3,(H,23,26). The molecule has 4 rings (SSSR count). The average molecular weight is 522 g/mol. The van der Waals surface area contributed by atoms with E-state index >= 15 is 0 Å². The number of thiophene rings is 1. The number of ether oxygens (including phenoxy) is 3. The number of anilines is 1. The highest BCUT2D eigenvalue weighted by molar-refractivity contribution is 7.91. The molecule has 1 amide bonds. The van der Waals surface area contributed by atoms with Crippen LogP contribution in [0.3, 0.4) is 0 Å². The van der Waals surface area contributed by atoms with Gasteiger partial charge in [0.05, 0.1) is 26.9 Å². The molecule has 35 heavy (non-hydrogen) atoms. The minimum atomic E-state index is -4.26. The number of aryl methyl sites for hydroxylation is 1. The van der Waals surface area contributed by atoms with Crippen LogP contribution in [-0.2, 0) is 32.2 Å². The molecule has 0 bridgehead atoms. The summed E-state index contributed by atoms with van der Waals surface area (Å²) < 4.78 is 46.2. The van der Waals surface area contributed by atoms with Crippen LogP contribution in [0, 0.1) is 0 Å². The average Bonchev–Trinajstić information content (AvgIpc) is 3.48. The number of nitrogens with zero attached hydrogens (tertiary/aromatic N) is 2. The molecule has 1 aromatic carbocycles. The number of fused-ring (bicyclic) bond motifs is 1. The van der Waals surface area contributed by atoms with Crippen molar-refractivity contribution in [2.45, 2.75) is 30.9 Å². The molecule has 13 heteroatoms. The van der Waals surface area contributed by atoms with E-state index in [2.05, 4.69) is 15.5 Å². The van der Waals surface area contributed by atoms with E-state index in [0.29, 0.717) is 23.5 Å². The van der Waals surface area contributed by atoms with Crippen LogP contribution in [-0.4, -0.2) is 57.6 Å². The van der Waals surface area contributed by atoms with E-state index in [9.17, 15) is 18.0 Å². The van der Waals surface area contributed by atoms with E-state index < -0.39 is 32.7 Å². The smallest absolute Gasteiger partial charge is 0.341 e. The van der Waals surface area contributed by atoms with Gasteiger partial charge in [-0.3, -0.25) is 4.79 Å². The third kappa shape index (κ3) is 5.00. The van der Waals surface area contributed by atoms with Crippen LogP contribution in [0.1, 0.15) is 33.6 Å². The summed E-state index contributed by atoms with van der Waals surface area (Å²) in [7, 11) is -0.0516. The van der Waals surface area contributed by atoms with Crippen LogP contribution in [0.15, 0.2) is 27.8 Å². The predicted octanol–water partition coefficient (Wildman–Crippen LogP) is 2.89. The Hall–Kier alpha value is -3.45. The summed E-state index contributed by atoms with van der Waals surface area (Å²) in [6.07, 6.45) is 3.40. The molecule has 1 aliphatic rings. The van der Waals surface area contributed by atoms with Crippen molar-refractivity contribution in [3.05, 3.63) is 34.2 Å². The second kappa shape index (κ2) is 10.0. The zero-order chi connectivity index (χ0) is 25.2. The van der Waals surface area contributed by atoms with Crippen molar-refractivity contribution in [2.75, 3.05) is 32.4 Å². The maximum absolute atomic E-state index is 12.8. The fourth-order valence-electron chi connectivity index (χ4n) is 3.79. The topological polar surface area (TPSA) is 147 Å². The molecule has 2 aromatic heterocycles. The maximum atomic E-state index is 12.8. The Morgan fingerprint density at radius 2 is 1.83 bits per heavy atom. The van der Waals surface area contributed by atoms with Gasteiger partial charge in [-0.25, -0.2) is 13.2 Å². The minimum Gasteiger partial charge on any atom is -0.493 e. The Bertz CT molecular complexity index is 1380. The molecule has 1 N–H and O–H groups in total. The van der Waals surface area contributed by atoms with Crippen LogP contribution in [0.25, 0.3) is 11.5 Å². The molecule has 3 aromatic rings. The molecule has 0 atom stereocenters. The monoisotopic (exact) mass is 521 g/mol. The summed E-state index contributed by atoms with van der Waals surface area (Å²) in [5.41, 5.74) is 1.54. The zero-order valence-electron chi connectivity index (χ0n) is 19.2. The van der Waals surface area contributed by atoms with Crippen LogP contribution in [0.5, 0.6) is 11.5 Å². The van der Waals surface area contributed by atoms with Crippen LogP contribution in [0.4, 0.5) is 5.00 Å². The fourth-order valence-corrected chi connectivity index (χ4v) is 6.00. The highest BCUT2D eigenvalue weighted by Gasteiger charge is 2.30. The van der Waals surface area contributed by atoms with Gasteiger partial charge in [0.2, 0.25) is 21.6 Å². The molecule has 1 aliphatic carbocycles. The van der Waals surface area contributed by atoms with Gasteiger partial charge in [-0.1, -0.05) is 5.10 Å². The number of aromatic nitrogens is 2. The van der Waals surface area contributed by atoms with Gasteiger partial charge in [0, 0.05) is 10.4 Å². The van der Waals surface area contributed by atoms with Gasteiger partial charge in [-0.05, 0) is 49.4 Å². The van der Waals surface area contributed by atoms with E-state index in [-0.39, 0.29) is 16.5 Å². The summed E-state index contributed by atoms with van der Waals surface area (Å²) >= 11 is 1.26. The first-order valence-corrected chi connectivity index (χ1v) is 13.1. The summed E-state index contributed by atoms with van der Waals surface area (Å²) in [6, 6.07) is 4.77. The first-order valence-electron chi connectivity index (χ1n) is 10.6. The number of amides is 1. The second-order valence-corrected chi connectivity index (χ2v) is 10.6. The number of hydrogen-bond acceptors (Lipinski definition) is 11. The summed E-state index contributed by atoms with van der Waals surface area (Å²) in [5, 5.41) is 9.53. The molecule has 0 unspecified atom stereocenters. The van der Waals surface area contributed by atoms with E-state index in [1.54, 1.807) is 18.2 Å². The number of rotatable bonds is 8. The fraction of sp³-hybridized carbons (Fsp3) is 0.364. The summed E-state index contributed by atoms with van der Waals surface area (Å²) in [4.78, 5) is 26.0. The molecule has 186 valence electrons. The summed E-state index contributed by atoms with van der Waals surface area (Å²) in [6.45, 7) is 0. The lowest BCUT2D eigenvalue weighted by Gasteiger charge is -2.11. The Kier molecular flexibility index (Phi) is 7.08. The van der Waals surface area contributed by atoms with Crippen molar-refractivity contribution in [3.63, 3.8) is 0 Å². The molecule has 2 heterocycles. The molecule has 0 fully saturated rings. The predicted molar refractivity (Wildman–Crippen MR) is 126 cm³/mol. The second-order valence-electron chi connectivity index (χ2n) is 7.66. The van der Waals surface area contributed by atoms with Gasteiger partial charge >= 0.3 is 11.2 Å². The van der Waals surface area contributed by atoms with Gasteiger partial charge in [0.1, 0.15) is 10.8 Å². The number of methoxy groups -OCH3 is 3. The first-order chi connectivity index (χ1) is 16.8. The summed E-state index contributed by atoms with van der Waals surface area (Å²) in [5.74, 6) is -1.54. The lowest BCUT2D eigenvalue weighted by Crippen LogP contribution is -2.24. The lowest BCUT2D eigenvalue weighted by molar-refractivity contribution is -0.113. The Labute approximate surface area is 205 Å². The number of carbonyl (C=O) groups is 2. The quantitative estimate of drug-likeness (QED) is 0.439. The lowest BCUT2D eigenvalue weighted by atomic mass is 9.95. The van der Waals surface area contributed by atoms with Crippen molar-refractivity contribution in [2.24, 2.45) is 0 Å². The third-order valence-corrected chi connectivity index (χ3v) is 7.98.